The van der Waals surface area contributed by atoms with E-state index < -0.39 is 0 Å². The zero-order valence-corrected chi connectivity index (χ0v) is 28.6. The Balaban J connectivity index is 0.959. The molecule has 4 bridgehead atoms. The van der Waals surface area contributed by atoms with Crippen molar-refractivity contribution in [2.75, 3.05) is 4.90 Å². The number of fused-ring (bicyclic) bond motifs is 8. The molecular formula is C48H38N2O. The maximum Gasteiger partial charge on any atom is 0.152 e. The normalized spacial score (nSPS) is 22.9. The van der Waals surface area contributed by atoms with Gasteiger partial charge in [0.1, 0.15) is 0 Å². The molecule has 0 amide bonds. The number of rotatable bonds is 4. The minimum absolute atomic E-state index is 0.179. The summed E-state index contributed by atoms with van der Waals surface area (Å²) in [6.07, 6.45) is 8.23. The largest absolute Gasteiger partial charge is 0.453 e. The number of aromatic nitrogens is 1. The molecule has 8 aromatic rings. The van der Waals surface area contributed by atoms with Crippen LogP contribution >= 0.6 is 0 Å². The minimum Gasteiger partial charge on any atom is -0.453 e. The van der Waals surface area contributed by atoms with E-state index in [-0.39, 0.29) is 5.54 Å². The van der Waals surface area contributed by atoms with Crippen molar-refractivity contribution in [2.45, 2.75) is 44.1 Å². The van der Waals surface area contributed by atoms with Gasteiger partial charge < -0.3 is 14.2 Å². The van der Waals surface area contributed by atoms with Gasteiger partial charge in [-0.1, -0.05) is 91.0 Å². The van der Waals surface area contributed by atoms with Gasteiger partial charge >= 0.3 is 0 Å². The van der Waals surface area contributed by atoms with Crippen LogP contribution in [-0.2, 0) is 0 Å². The Hall–Kier alpha value is -5.54. The molecule has 4 fully saturated rings. The predicted octanol–water partition coefficient (Wildman–Crippen LogP) is 13.0. The number of nitrogens with zero attached hydrogens (tertiary/aromatic N) is 2. The molecule has 2 heterocycles. The summed E-state index contributed by atoms with van der Waals surface area (Å²) >= 11 is 0. The van der Waals surface area contributed by atoms with Crippen molar-refractivity contribution in [3.63, 3.8) is 0 Å². The number of hydrogen-bond acceptors (Lipinski definition) is 2. The van der Waals surface area contributed by atoms with Crippen molar-refractivity contribution in [2.24, 2.45) is 17.8 Å². The second kappa shape index (κ2) is 10.3. The van der Waals surface area contributed by atoms with Crippen LogP contribution in [0.4, 0.5) is 11.4 Å². The fraction of sp³-hybridized carbons (Fsp3) is 0.208. The molecule has 5 aliphatic rings. The first kappa shape index (κ1) is 28.2. The van der Waals surface area contributed by atoms with E-state index in [0.29, 0.717) is 0 Å². The van der Waals surface area contributed by atoms with Gasteiger partial charge in [0.25, 0.3) is 0 Å². The van der Waals surface area contributed by atoms with Gasteiger partial charge in [-0.15, -0.1) is 0 Å². The van der Waals surface area contributed by atoms with Crippen LogP contribution in [-0.4, -0.2) is 10.1 Å². The third-order valence-electron chi connectivity index (χ3n) is 13.0. The van der Waals surface area contributed by atoms with E-state index in [1.807, 2.05) is 0 Å². The topological polar surface area (TPSA) is 17.4 Å². The lowest BCUT2D eigenvalue weighted by Crippen LogP contribution is -2.58. The quantitative estimate of drug-likeness (QED) is 0.175. The van der Waals surface area contributed by atoms with E-state index in [2.05, 4.69) is 149 Å². The van der Waals surface area contributed by atoms with Crippen LogP contribution in [0.2, 0.25) is 0 Å². The minimum atomic E-state index is 0.179. The van der Waals surface area contributed by atoms with Crippen LogP contribution < -0.4 is 9.64 Å². The van der Waals surface area contributed by atoms with Crippen molar-refractivity contribution < 1.29 is 4.74 Å². The highest BCUT2D eigenvalue weighted by Gasteiger charge is 2.54. The molecule has 3 nitrogen and oxygen atoms in total. The standard InChI is InChI=1S/C48H38N2O/c1-2-7-39-34(6-1)12-13-36-25-38(19-20-40(36)39)50(48-27-30-22-31(28-48)24-32(23-30)29-48)37-17-14-33(15-18-37)35-16-21-44-46(26-35)51-45-11-5-9-42-41-8-3-4-10-43(41)49(44)47(42)45/h1-21,25-26,30-32H,22-24,27-29H2. The number of para-hydroxylation sites is 2. The summed E-state index contributed by atoms with van der Waals surface area (Å²) < 4.78 is 9.01. The average Bonchev–Trinajstić information content (AvgIpc) is 3.50. The van der Waals surface area contributed by atoms with Crippen LogP contribution in [0.3, 0.4) is 0 Å². The van der Waals surface area contributed by atoms with Crippen LogP contribution in [0.15, 0.2) is 140 Å². The summed E-state index contributed by atoms with van der Waals surface area (Å²) in [5.41, 5.74) is 8.66. The van der Waals surface area contributed by atoms with Gasteiger partial charge in [0.15, 0.2) is 11.5 Å². The van der Waals surface area contributed by atoms with Crippen molar-refractivity contribution in [3.05, 3.63) is 140 Å². The van der Waals surface area contributed by atoms with Crippen molar-refractivity contribution in [1.82, 2.24) is 4.57 Å². The summed E-state index contributed by atoms with van der Waals surface area (Å²) in [6.45, 7) is 0. The van der Waals surface area contributed by atoms with Crippen molar-refractivity contribution in [3.8, 4) is 28.3 Å². The highest BCUT2D eigenvalue weighted by Crippen LogP contribution is 2.60. The fourth-order valence-electron chi connectivity index (χ4n) is 11.4. The Labute approximate surface area is 297 Å². The molecule has 3 heteroatoms. The van der Waals surface area contributed by atoms with Crippen LogP contribution in [0, 0.1) is 17.8 Å². The van der Waals surface area contributed by atoms with Gasteiger partial charge in [-0.3, -0.25) is 0 Å². The van der Waals surface area contributed by atoms with Gasteiger partial charge in [-0.2, -0.15) is 0 Å². The molecular weight excluding hydrogens is 621 g/mol. The van der Waals surface area contributed by atoms with Crippen molar-refractivity contribution >= 4 is 54.7 Å². The number of hydrogen-bond donors (Lipinski definition) is 0. The van der Waals surface area contributed by atoms with E-state index in [1.54, 1.807) is 0 Å². The second-order valence-electron chi connectivity index (χ2n) is 16.0. The first-order valence-corrected chi connectivity index (χ1v) is 18.8. The molecule has 51 heavy (non-hydrogen) atoms. The second-order valence-corrected chi connectivity index (χ2v) is 16.0. The fourth-order valence-corrected chi connectivity index (χ4v) is 11.4. The first-order valence-electron chi connectivity index (χ1n) is 18.8. The van der Waals surface area contributed by atoms with Crippen LogP contribution in [0.25, 0.3) is 60.2 Å². The smallest absolute Gasteiger partial charge is 0.152 e. The van der Waals surface area contributed by atoms with Gasteiger partial charge in [0, 0.05) is 27.7 Å². The average molecular weight is 659 g/mol. The number of benzene rings is 7. The molecule has 7 aromatic carbocycles. The molecule has 13 rings (SSSR count). The molecule has 0 saturated heterocycles. The molecule has 0 unspecified atom stereocenters. The third kappa shape index (κ3) is 4.06. The Kier molecular flexibility index (Phi) is 5.67. The lowest BCUT2D eigenvalue weighted by atomic mass is 9.52. The summed E-state index contributed by atoms with van der Waals surface area (Å²) in [5.74, 6) is 4.40. The van der Waals surface area contributed by atoms with Crippen molar-refractivity contribution in [1.29, 1.82) is 0 Å². The Morgan fingerprint density at radius 2 is 1.18 bits per heavy atom. The summed E-state index contributed by atoms with van der Waals surface area (Å²) in [7, 11) is 0. The Bertz CT molecular complexity index is 2680. The molecule has 0 N–H and O–H groups in total. The summed E-state index contributed by atoms with van der Waals surface area (Å²) in [4.78, 5) is 2.78. The summed E-state index contributed by atoms with van der Waals surface area (Å²) in [5, 5.41) is 7.78. The van der Waals surface area contributed by atoms with E-state index in [4.69, 9.17) is 4.74 Å². The molecule has 4 aliphatic carbocycles. The summed E-state index contributed by atoms with van der Waals surface area (Å²) in [6, 6.07) is 51.9. The maximum atomic E-state index is 6.63. The predicted molar refractivity (Wildman–Crippen MR) is 211 cm³/mol. The zero-order chi connectivity index (χ0) is 33.3. The molecule has 0 spiro atoms. The van der Waals surface area contributed by atoms with E-state index in [0.717, 1.165) is 40.5 Å². The SMILES string of the molecule is c1ccc2c(c1)ccc1cc(N(c3ccc(-c4ccc5c(c4)Oc4cccc6c7ccccc7n-5c46)cc3)C34CC5CC(CC(C5)C3)C4)ccc12. The van der Waals surface area contributed by atoms with Gasteiger partial charge in [-0.05, 0) is 137 Å². The molecule has 4 saturated carbocycles. The monoisotopic (exact) mass is 658 g/mol. The highest BCUT2D eigenvalue weighted by atomic mass is 16.5. The maximum absolute atomic E-state index is 6.63. The molecule has 0 atom stereocenters. The number of ether oxygens (including phenoxy) is 1. The van der Waals surface area contributed by atoms with Gasteiger partial charge in [-0.25, -0.2) is 0 Å². The van der Waals surface area contributed by atoms with Gasteiger partial charge in [0.2, 0.25) is 0 Å². The molecule has 246 valence electrons. The first-order chi connectivity index (χ1) is 25.2. The highest BCUT2D eigenvalue weighted by molar-refractivity contribution is 6.12. The van der Waals surface area contributed by atoms with E-state index >= 15 is 0 Å². The van der Waals surface area contributed by atoms with E-state index in [9.17, 15) is 0 Å². The van der Waals surface area contributed by atoms with Crippen LogP contribution in [0.5, 0.6) is 11.5 Å². The Morgan fingerprint density at radius 3 is 2.00 bits per heavy atom. The molecule has 0 radical (unpaired) electrons. The molecule has 1 aromatic heterocycles. The zero-order valence-electron chi connectivity index (χ0n) is 28.6. The number of anilines is 2. The van der Waals surface area contributed by atoms with Gasteiger partial charge in [0.05, 0.1) is 16.7 Å². The third-order valence-corrected chi connectivity index (χ3v) is 13.0. The molecule has 1 aliphatic heterocycles. The van der Waals surface area contributed by atoms with Crippen LogP contribution in [0.1, 0.15) is 38.5 Å². The Morgan fingerprint density at radius 1 is 0.510 bits per heavy atom. The van der Waals surface area contributed by atoms with E-state index in [1.165, 1.54) is 98.9 Å². The lowest BCUT2D eigenvalue weighted by Gasteiger charge is -2.61. The lowest BCUT2D eigenvalue weighted by molar-refractivity contribution is 0.000565.